The molecule has 24 heavy (non-hydrogen) atoms. The van der Waals surface area contributed by atoms with Crippen molar-refractivity contribution in [1.82, 2.24) is 19.6 Å². The number of rotatable bonds is 2. The molecule has 0 radical (unpaired) electrons. The number of aromatic nitrogens is 2. The number of carbonyl (C=O) groups is 1. The summed E-state index contributed by atoms with van der Waals surface area (Å²) in [5.41, 5.74) is 1.65. The quantitative estimate of drug-likeness (QED) is 0.560. The Morgan fingerprint density at radius 3 is 2.50 bits per heavy atom. The molecule has 0 aromatic carbocycles. The SMILES string of the molecule is Cc1nn([C@@H]2CCS(=O)(=O)C2)c(Cl)c1/C=C1/C(=O)N(C)C(=S)N1C. The van der Waals surface area contributed by atoms with Crippen LogP contribution < -0.4 is 0 Å². The van der Waals surface area contributed by atoms with E-state index in [2.05, 4.69) is 5.10 Å². The molecule has 10 heteroatoms. The fourth-order valence-corrected chi connectivity index (χ4v) is 5.17. The number of carbonyl (C=O) groups excluding carboxylic acids is 1. The lowest BCUT2D eigenvalue weighted by Gasteiger charge is -2.11. The summed E-state index contributed by atoms with van der Waals surface area (Å²) in [6.45, 7) is 1.78. The van der Waals surface area contributed by atoms with Gasteiger partial charge in [-0.15, -0.1) is 0 Å². The van der Waals surface area contributed by atoms with E-state index in [-0.39, 0.29) is 23.5 Å². The van der Waals surface area contributed by atoms with Crippen molar-refractivity contribution < 1.29 is 13.2 Å². The molecule has 2 fully saturated rings. The summed E-state index contributed by atoms with van der Waals surface area (Å²) in [7, 11) is 0.290. The Morgan fingerprint density at radius 2 is 2.00 bits per heavy atom. The first-order chi connectivity index (χ1) is 11.1. The highest BCUT2D eigenvalue weighted by molar-refractivity contribution is 7.91. The number of hydrogen-bond donors (Lipinski definition) is 0. The van der Waals surface area contributed by atoms with Gasteiger partial charge < -0.3 is 4.90 Å². The predicted molar refractivity (Wildman–Crippen MR) is 95.4 cm³/mol. The van der Waals surface area contributed by atoms with Crippen molar-refractivity contribution in [3.05, 3.63) is 22.1 Å². The molecule has 0 saturated carbocycles. The number of sulfone groups is 1. The van der Waals surface area contributed by atoms with Gasteiger partial charge in [-0.1, -0.05) is 11.6 Å². The number of nitrogens with zero attached hydrogens (tertiary/aromatic N) is 4. The van der Waals surface area contributed by atoms with Crippen LogP contribution in [0.25, 0.3) is 6.08 Å². The molecule has 2 aliphatic heterocycles. The van der Waals surface area contributed by atoms with Crippen LogP contribution in [-0.4, -0.2) is 64.6 Å². The second-order valence-corrected chi connectivity index (χ2v) is 8.98. The third-order valence-corrected chi connectivity index (χ3v) is 7.04. The van der Waals surface area contributed by atoms with Crippen molar-refractivity contribution in [1.29, 1.82) is 0 Å². The first-order valence-electron chi connectivity index (χ1n) is 7.35. The average Bonchev–Trinajstić information content (AvgIpc) is 3.07. The zero-order valence-electron chi connectivity index (χ0n) is 13.5. The van der Waals surface area contributed by atoms with Crippen molar-refractivity contribution in [2.75, 3.05) is 25.6 Å². The van der Waals surface area contributed by atoms with E-state index in [9.17, 15) is 13.2 Å². The molecule has 1 aromatic heterocycles. The highest BCUT2D eigenvalue weighted by Gasteiger charge is 2.35. The molecular formula is C14H17ClN4O3S2. The molecule has 3 rings (SSSR count). The molecule has 130 valence electrons. The van der Waals surface area contributed by atoms with Crippen molar-refractivity contribution >= 4 is 50.8 Å². The fraction of sp³-hybridized carbons (Fsp3) is 0.500. The zero-order chi connectivity index (χ0) is 17.8. The maximum atomic E-state index is 12.3. The van der Waals surface area contributed by atoms with Gasteiger partial charge in [-0.2, -0.15) is 5.10 Å². The van der Waals surface area contributed by atoms with Crippen molar-refractivity contribution in [2.24, 2.45) is 0 Å². The van der Waals surface area contributed by atoms with E-state index in [1.165, 1.54) is 4.90 Å². The van der Waals surface area contributed by atoms with E-state index in [0.29, 0.717) is 33.6 Å². The minimum atomic E-state index is -3.04. The lowest BCUT2D eigenvalue weighted by atomic mass is 10.2. The van der Waals surface area contributed by atoms with E-state index in [0.717, 1.165) is 0 Å². The molecule has 2 saturated heterocycles. The van der Waals surface area contributed by atoms with Gasteiger partial charge in [0.15, 0.2) is 14.9 Å². The molecule has 3 heterocycles. The summed E-state index contributed by atoms with van der Waals surface area (Å²) < 4.78 is 24.9. The first-order valence-corrected chi connectivity index (χ1v) is 9.95. The second kappa shape index (κ2) is 5.82. The zero-order valence-corrected chi connectivity index (χ0v) is 15.9. The van der Waals surface area contributed by atoms with Crippen molar-refractivity contribution in [3.8, 4) is 0 Å². The minimum absolute atomic E-state index is 0.0372. The van der Waals surface area contributed by atoms with Crippen molar-refractivity contribution in [2.45, 2.75) is 19.4 Å². The Labute approximate surface area is 150 Å². The fourth-order valence-electron chi connectivity index (χ4n) is 2.93. The Balaban J connectivity index is 2.01. The number of halogens is 1. The lowest BCUT2D eigenvalue weighted by Crippen LogP contribution is -2.26. The molecular weight excluding hydrogens is 372 g/mol. The number of amides is 1. The van der Waals surface area contributed by atoms with Gasteiger partial charge in [0.25, 0.3) is 5.91 Å². The number of likely N-dealkylation sites (N-methyl/N-ethyl adjacent to an activating group) is 2. The summed E-state index contributed by atoms with van der Waals surface area (Å²) in [6.07, 6.45) is 2.15. The van der Waals surface area contributed by atoms with Gasteiger partial charge in [0.05, 0.1) is 23.2 Å². The third kappa shape index (κ3) is 2.74. The normalized spacial score (nSPS) is 25.3. The topological polar surface area (TPSA) is 75.5 Å². The van der Waals surface area contributed by atoms with Crippen LogP contribution in [0.15, 0.2) is 5.70 Å². The van der Waals surface area contributed by atoms with E-state index in [1.807, 2.05) is 0 Å². The molecule has 0 spiro atoms. The molecule has 1 amide bonds. The summed E-state index contributed by atoms with van der Waals surface area (Å²) >= 11 is 11.6. The summed E-state index contributed by atoms with van der Waals surface area (Å²) in [4.78, 5) is 15.3. The molecule has 1 aromatic rings. The smallest absolute Gasteiger partial charge is 0.276 e. The van der Waals surface area contributed by atoms with E-state index in [1.54, 1.807) is 36.7 Å². The van der Waals surface area contributed by atoms with Crippen molar-refractivity contribution in [3.63, 3.8) is 0 Å². The summed E-state index contributed by atoms with van der Waals surface area (Å²) in [5.74, 6) is -0.0341. The molecule has 1 atom stereocenters. The van der Waals surface area contributed by atoms with Crippen LogP contribution in [0.3, 0.4) is 0 Å². The van der Waals surface area contributed by atoms with Gasteiger partial charge in [-0.3, -0.25) is 9.69 Å². The maximum Gasteiger partial charge on any atom is 0.276 e. The first kappa shape index (κ1) is 17.4. The van der Waals surface area contributed by atoms with Gasteiger partial charge >= 0.3 is 0 Å². The van der Waals surface area contributed by atoms with Crippen LogP contribution in [0.5, 0.6) is 0 Å². The molecule has 0 N–H and O–H groups in total. The van der Waals surface area contributed by atoms with Crippen LogP contribution in [-0.2, 0) is 14.6 Å². The van der Waals surface area contributed by atoms with Gasteiger partial charge in [0, 0.05) is 19.7 Å². The molecule has 0 aliphatic carbocycles. The van der Waals surface area contributed by atoms with E-state index in [4.69, 9.17) is 23.8 Å². The van der Waals surface area contributed by atoms with Crippen LogP contribution >= 0.6 is 23.8 Å². The second-order valence-electron chi connectivity index (χ2n) is 6.03. The monoisotopic (exact) mass is 388 g/mol. The maximum absolute atomic E-state index is 12.3. The van der Waals surface area contributed by atoms with Gasteiger partial charge in [0.2, 0.25) is 0 Å². The number of thiocarbonyl (C=S) groups is 1. The number of aryl methyl sites for hydroxylation is 1. The Hall–Kier alpha value is -1.45. The minimum Gasteiger partial charge on any atom is -0.317 e. The Kier molecular flexibility index (Phi) is 4.21. The standard InChI is InChI=1S/C14H17ClN4O3S2/c1-8-10(6-11-13(20)18(3)14(23)17(11)2)12(15)19(16-8)9-4-5-24(21,22)7-9/h6,9H,4-5,7H2,1-3H3/b11-6-/t9-/m1/s1. The highest BCUT2D eigenvalue weighted by Crippen LogP contribution is 2.32. The largest absolute Gasteiger partial charge is 0.317 e. The van der Waals surface area contributed by atoms with E-state index >= 15 is 0 Å². The van der Waals surface area contributed by atoms with Crippen LogP contribution in [0.2, 0.25) is 5.15 Å². The van der Waals surface area contributed by atoms with Crippen LogP contribution in [0, 0.1) is 6.92 Å². The molecule has 2 aliphatic rings. The predicted octanol–water partition coefficient (Wildman–Crippen LogP) is 1.23. The van der Waals surface area contributed by atoms with Crippen LogP contribution in [0.1, 0.15) is 23.7 Å². The average molecular weight is 389 g/mol. The van der Waals surface area contributed by atoms with Gasteiger partial charge in [-0.05, 0) is 31.6 Å². The van der Waals surface area contributed by atoms with E-state index < -0.39 is 9.84 Å². The molecule has 7 nitrogen and oxygen atoms in total. The number of hydrogen-bond acceptors (Lipinski definition) is 5. The summed E-state index contributed by atoms with van der Waals surface area (Å²) in [5, 5.41) is 5.14. The Morgan fingerprint density at radius 1 is 1.33 bits per heavy atom. The third-order valence-electron chi connectivity index (χ3n) is 4.37. The van der Waals surface area contributed by atoms with Gasteiger partial charge in [0.1, 0.15) is 10.9 Å². The van der Waals surface area contributed by atoms with Gasteiger partial charge in [-0.25, -0.2) is 13.1 Å². The lowest BCUT2D eigenvalue weighted by molar-refractivity contribution is -0.121. The van der Waals surface area contributed by atoms with Crippen LogP contribution in [0.4, 0.5) is 0 Å². The molecule has 0 bridgehead atoms. The Bertz CT molecular complexity index is 875. The molecule has 0 unspecified atom stereocenters. The summed E-state index contributed by atoms with van der Waals surface area (Å²) in [6, 6.07) is -0.269. The highest BCUT2D eigenvalue weighted by atomic mass is 35.5.